The maximum Gasteiger partial charge on any atom is 0.0600 e. The van der Waals surface area contributed by atoms with Crippen molar-refractivity contribution in [3.8, 4) is 0 Å². The van der Waals surface area contributed by atoms with Gasteiger partial charge in [-0.3, -0.25) is 4.98 Å². The average molecular weight is 255 g/mol. The molecule has 4 heteroatoms. The highest BCUT2D eigenvalue weighted by Gasteiger charge is 2.06. The number of rotatable bonds is 5. The molecule has 0 aromatic carbocycles. The lowest BCUT2D eigenvalue weighted by atomic mass is 10.1. The summed E-state index contributed by atoms with van der Waals surface area (Å²) < 4.78 is 0. The quantitative estimate of drug-likeness (QED) is 0.567. The lowest BCUT2D eigenvalue weighted by Crippen LogP contribution is -1.91. The predicted octanol–water partition coefficient (Wildman–Crippen LogP) is 4.19. The third-order valence-electron chi connectivity index (χ3n) is 1.89. The van der Waals surface area contributed by atoms with Gasteiger partial charge in [0.1, 0.15) is 0 Å². The Balaban J connectivity index is 0.00000169. The number of nitrogens with zero attached hydrogens (tertiary/aromatic N) is 1. The average Bonchev–Trinajstić information content (AvgIpc) is 2.19. The first-order valence-corrected chi connectivity index (χ1v) is 5.41. The van der Waals surface area contributed by atoms with Crippen LogP contribution in [0.5, 0.6) is 0 Å². The number of hydrogen-bond donors (Lipinski definition) is 0. The van der Waals surface area contributed by atoms with E-state index in [0.717, 1.165) is 30.7 Å². The Morgan fingerprint density at radius 2 is 2.14 bits per heavy atom. The minimum absolute atomic E-state index is 0. The highest BCUT2D eigenvalue weighted by molar-refractivity contribution is 6.20. The minimum atomic E-state index is 0. The SMILES string of the molecule is Cl.ClCCCCC(Cl)c1cccnc1. The molecule has 1 unspecified atom stereocenters. The standard InChI is InChI=1S/C10H13Cl2N.ClH/c11-6-2-1-5-10(12)9-4-3-7-13-8-9;/h3-4,7-8,10H,1-2,5-6H2;1H. The fourth-order valence-electron chi connectivity index (χ4n) is 1.15. The Morgan fingerprint density at radius 3 is 2.71 bits per heavy atom. The van der Waals surface area contributed by atoms with Gasteiger partial charge in [-0.15, -0.1) is 35.6 Å². The molecule has 0 fully saturated rings. The molecule has 1 aromatic rings. The Bertz CT molecular complexity index is 228. The minimum Gasteiger partial charge on any atom is -0.264 e. The lowest BCUT2D eigenvalue weighted by molar-refractivity contribution is 0.702. The van der Waals surface area contributed by atoms with E-state index in [2.05, 4.69) is 4.98 Å². The highest BCUT2D eigenvalue weighted by atomic mass is 35.5. The first-order chi connectivity index (χ1) is 6.34. The molecule has 1 nitrogen and oxygen atoms in total. The summed E-state index contributed by atoms with van der Waals surface area (Å²) in [7, 11) is 0. The molecule has 1 atom stereocenters. The van der Waals surface area contributed by atoms with Crippen LogP contribution in [0.2, 0.25) is 0 Å². The van der Waals surface area contributed by atoms with E-state index in [-0.39, 0.29) is 17.8 Å². The summed E-state index contributed by atoms with van der Waals surface area (Å²) in [6.07, 6.45) is 6.65. The Labute approximate surface area is 101 Å². The summed E-state index contributed by atoms with van der Waals surface area (Å²) in [5.74, 6) is 0.719. The fraction of sp³-hybridized carbons (Fsp3) is 0.500. The van der Waals surface area contributed by atoms with E-state index in [1.54, 1.807) is 6.20 Å². The van der Waals surface area contributed by atoms with Gasteiger partial charge in [-0.25, -0.2) is 0 Å². The molecule has 1 aromatic heterocycles. The molecule has 0 amide bonds. The van der Waals surface area contributed by atoms with Gasteiger partial charge in [0.15, 0.2) is 0 Å². The van der Waals surface area contributed by atoms with Crippen molar-refractivity contribution < 1.29 is 0 Å². The first-order valence-electron chi connectivity index (χ1n) is 4.44. The molecule has 0 radical (unpaired) electrons. The Morgan fingerprint density at radius 1 is 1.36 bits per heavy atom. The van der Waals surface area contributed by atoms with E-state index < -0.39 is 0 Å². The molecule has 1 heterocycles. The number of alkyl halides is 2. The summed E-state index contributed by atoms with van der Waals surface area (Å²) in [6, 6.07) is 3.91. The van der Waals surface area contributed by atoms with Crippen LogP contribution in [-0.2, 0) is 0 Å². The Kier molecular flexibility index (Phi) is 8.35. The molecule has 1 rings (SSSR count). The van der Waals surface area contributed by atoms with Crippen LogP contribution < -0.4 is 0 Å². The predicted molar refractivity (Wildman–Crippen MR) is 64.7 cm³/mol. The van der Waals surface area contributed by atoms with Crippen molar-refractivity contribution in [2.24, 2.45) is 0 Å². The second-order valence-corrected chi connectivity index (χ2v) is 3.84. The molecule has 0 saturated carbocycles. The van der Waals surface area contributed by atoms with Crippen molar-refractivity contribution in [1.82, 2.24) is 4.98 Å². The van der Waals surface area contributed by atoms with E-state index >= 15 is 0 Å². The third kappa shape index (κ3) is 5.04. The van der Waals surface area contributed by atoms with Crippen LogP contribution in [0, 0.1) is 0 Å². The summed E-state index contributed by atoms with van der Waals surface area (Å²) in [4.78, 5) is 4.02. The van der Waals surface area contributed by atoms with E-state index in [4.69, 9.17) is 23.2 Å². The smallest absolute Gasteiger partial charge is 0.0600 e. The molecule has 0 spiro atoms. The molecule has 80 valence electrons. The van der Waals surface area contributed by atoms with Gasteiger partial charge in [-0.05, 0) is 24.5 Å². The second kappa shape index (κ2) is 8.34. The summed E-state index contributed by atoms with van der Waals surface area (Å²) in [5, 5.41) is 0.0805. The van der Waals surface area contributed by atoms with Crippen LogP contribution in [0.3, 0.4) is 0 Å². The second-order valence-electron chi connectivity index (χ2n) is 2.94. The van der Waals surface area contributed by atoms with Crippen molar-refractivity contribution in [3.63, 3.8) is 0 Å². The van der Waals surface area contributed by atoms with Crippen LogP contribution in [0.15, 0.2) is 24.5 Å². The molecular formula is C10H14Cl3N. The number of halogens is 3. The van der Waals surface area contributed by atoms with Crippen LogP contribution >= 0.6 is 35.6 Å². The maximum absolute atomic E-state index is 6.16. The van der Waals surface area contributed by atoms with Crippen LogP contribution in [0.25, 0.3) is 0 Å². The summed E-state index contributed by atoms with van der Waals surface area (Å²) >= 11 is 11.7. The van der Waals surface area contributed by atoms with E-state index in [1.165, 1.54) is 0 Å². The topological polar surface area (TPSA) is 12.9 Å². The highest BCUT2D eigenvalue weighted by Crippen LogP contribution is 2.25. The molecule has 14 heavy (non-hydrogen) atoms. The molecule has 0 aliphatic carbocycles. The molecule has 0 aliphatic heterocycles. The zero-order valence-corrected chi connectivity index (χ0v) is 10.2. The first kappa shape index (κ1) is 14.0. The number of pyridine rings is 1. The van der Waals surface area contributed by atoms with Gasteiger partial charge in [0.25, 0.3) is 0 Å². The number of aromatic nitrogens is 1. The van der Waals surface area contributed by atoms with Gasteiger partial charge in [-0.1, -0.05) is 12.5 Å². The molecule has 0 aliphatic rings. The van der Waals surface area contributed by atoms with Gasteiger partial charge in [0.2, 0.25) is 0 Å². The van der Waals surface area contributed by atoms with Gasteiger partial charge < -0.3 is 0 Å². The fourth-order valence-corrected chi connectivity index (χ4v) is 1.62. The lowest BCUT2D eigenvalue weighted by Gasteiger charge is -2.07. The van der Waals surface area contributed by atoms with Crippen LogP contribution in [0.4, 0.5) is 0 Å². The van der Waals surface area contributed by atoms with E-state index in [0.29, 0.717) is 0 Å². The summed E-state index contributed by atoms with van der Waals surface area (Å²) in [5.41, 5.74) is 1.10. The van der Waals surface area contributed by atoms with Crippen molar-refractivity contribution in [3.05, 3.63) is 30.1 Å². The number of hydrogen-bond acceptors (Lipinski definition) is 1. The largest absolute Gasteiger partial charge is 0.264 e. The van der Waals surface area contributed by atoms with Gasteiger partial charge in [-0.2, -0.15) is 0 Å². The zero-order valence-electron chi connectivity index (χ0n) is 7.83. The van der Waals surface area contributed by atoms with Gasteiger partial charge in [0.05, 0.1) is 5.38 Å². The Hall–Kier alpha value is 0.0200. The van der Waals surface area contributed by atoms with Crippen molar-refractivity contribution in [1.29, 1.82) is 0 Å². The molecule has 0 N–H and O–H groups in total. The van der Waals surface area contributed by atoms with Gasteiger partial charge in [0, 0.05) is 18.3 Å². The normalized spacial score (nSPS) is 11.9. The third-order valence-corrected chi connectivity index (χ3v) is 2.62. The molecule has 0 saturated heterocycles. The number of unbranched alkanes of at least 4 members (excludes halogenated alkanes) is 1. The summed E-state index contributed by atoms with van der Waals surface area (Å²) in [6.45, 7) is 0. The van der Waals surface area contributed by atoms with Crippen LogP contribution in [0.1, 0.15) is 30.2 Å². The molecular weight excluding hydrogens is 240 g/mol. The van der Waals surface area contributed by atoms with Crippen LogP contribution in [-0.4, -0.2) is 10.9 Å². The maximum atomic E-state index is 6.16. The zero-order chi connectivity index (χ0) is 9.52. The van der Waals surface area contributed by atoms with Crippen molar-refractivity contribution in [2.75, 3.05) is 5.88 Å². The molecule has 0 bridgehead atoms. The van der Waals surface area contributed by atoms with E-state index in [9.17, 15) is 0 Å². The monoisotopic (exact) mass is 253 g/mol. The van der Waals surface area contributed by atoms with Crippen molar-refractivity contribution >= 4 is 35.6 Å². The van der Waals surface area contributed by atoms with Crippen molar-refractivity contribution in [2.45, 2.75) is 24.6 Å². The van der Waals surface area contributed by atoms with Gasteiger partial charge >= 0.3 is 0 Å². The van der Waals surface area contributed by atoms with E-state index in [1.807, 2.05) is 18.3 Å².